The van der Waals surface area contributed by atoms with Crippen LogP contribution >= 0.6 is 0 Å². The Kier molecular flexibility index (Phi) is 4.12. The van der Waals surface area contributed by atoms with Crippen LogP contribution in [0, 0.1) is 6.92 Å². The van der Waals surface area contributed by atoms with E-state index in [1.54, 1.807) is 13.0 Å². The number of aromatic carboxylic acids is 1. The molecule has 2 rings (SSSR count). The van der Waals surface area contributed by atoms with Crippen molar-refractivity contribution in [1.29, 1.82) is 0 Å². The number of carbonyl (C=O) groups is 2. The summed E-state index contributed by atoms with van der Waals surface area (Å²) in [5.41, 5.74) is 0.0588. The Bertz CT molecular complexity index is 733. The molecule has 9 heteroatoms. The van der Waals surface area contributed by atoms with Gasteiger partial charge in [-0.2, -0.15) is 0 Å². The maximum Gasteiger partial charge on any atom is 0.358 e. The number of amides is 1. The third-order valence-corrected chi connectivity index (χ3v) is 2.68. The molecule has 0 saturated heterocycles. The smallest absolute Gasteiger partial charge is 0.358 e. The van der Waals surface area contributed by atoms with Crippen molar-refractivity contribution in [3.05, 3.63) is 45.6 Å². The van der Waals surface area contributed by atoms with E-state index in [0.29, 0.717) is 5.69 Å². The maximum absolute atomic E-state index is 11.8. The first-order valence-electron chi connectivity index (χ1n) is 6.09. The van der Waals surface area contributed by atoms with Crippen molar-refractivity contribution < 1.29 is 14.7 Å². The van der Waals surface area contributed by atoms with Gasteiger partial charge < -0.3 is 15.4 Å². The second kappa shape index (κ2) is 5.99. The standard InChI is InChI=1S/C12H13N5O4/c1-7-2-3-8(11(19)14-7)10(18)13-4-5-17-6-9(12(20)21)15-16-17/h2-3,6H,4-5H2,1H3,(H,13,18)(H,14,19)(H,20,21). The summed E-state index contributed by atoms with van der Waals surface area (Å²) in [6.45, 7) is 2.15. The zero-order chi connectivity index (χ0) is 15.4. The van der Waals surface area contributed by atoms with Gasteiger partial charge in [-0.05, 0) is 19.1 Å². The van der Waals surface area contributed by atoms with Crippen LogP contribution in [0.2, 0.25) is 0 Å². The topological polar surface area (TPSA) is 130 Å². The molecular formula is C12H13N5O4. The summed E-state index contributed by atoms with van der Waals surface area (Å²) in [7, 11) is 0. The number of rotatable bonds is 5. The monoisotopic (exact) mass is 291 g/mol. The van der Waals surface area contributed by atoms with Crippen LogP contribution in [0.1, 0.15) is 26.5 Å². The fraction of sp³-hybridized carbons (Fsp3) is 0.250. The Morgan fingerprint density at radius 1 is 1.43 bits per heavy atom. The summed E-state index contributed by atoms with van der Waals surface area (Å²) in [6, 6.07) is 3.08. The maximum atomic E-state index is 11.8. The number of pyridine rings is 1. The molecule has 0 aliphatic rings. The second-order valence-corrected chi connectivity index (χ2v) is 4.31. The summed E-state index contributed by atoms with van der Waals surface area (Å²) in [4.78, 5) is 36.6. The van der Waals surface area contributed by atoms with Crippen molar-refractivity contribution in [2.45, 2.75) is 13.5 Å². The van der Waals surface area contributed by atoms with Crippen LogP contribution in [0.5, 0.6) is 0 Å². The number of aromatic nitrogens is 4. The van der Waals surface area contributed by atoms with E-state index in [-0.39, 0.29) is 24.3 Å². The average Bonchev–Trinajstić information content (AvgIpc) is 2.87. The van der Waals surface area contributed by atoms with Crippen molar-refractivity contribution in [3.63, 3.8) is 0 Å². The van der Waals surface area contributed by atoms with E-state index < -0.39 is 17.4 Å². The Hall–Kier alpha value is -2.97. The molecule has 0 spiro atoms. The Balaban J connectivity index is 1.92. The number of nitrogens with zero attached hydrogens (tertiary/aromatic N) is 3. The molecule has 9 nitrogen and oxygen atoms in total. The predicted molar refractivity (Wildman–Crippen MR) is 71.1 cm³/mol. The zero-order valence-corrected chi connectivity index (χ0v) is 11.2. The lowest BCUT2D eigenvalue weighted by molar-refractivity contribution is 0.0690. The van der Waals surface area contributed by atoms with E-state index in [0.717, 1.165) is 0 Å². The molecule has 3 N–H and O–H groups in total. The first-order chi connectivity index (χ1) is 9.97. The molecule has 0 bridgehead atoms. The second-order valence-electron chi connectivity index (χ2n) is 4.31. The summed E-state index contributed by atoms with van der Waals surface area (Å²) in [5, 5.41) is 18.3. The molecular weight excluding hydrogens is 278 g/mol. The SMILES string of the molecule is Cc1ccc(C(=O)NCCn2cc(C(=O)O)nn2)c(=O)[nH]1. The molecule has 2 heterocycles. The van der Waals surface area contributed by atoms with Crippen LogP contribution in [0.4, 0.5) is 0 Å². The summed E-state index contributed by atoms with van der Waals surface area (Å²) < 4.78 is 1.29. The molecule has 0 fully saturated rings. The molecule has 2 aromatic heterocycles. The van der Waals surface area contributed by atoms with Crippen LogP contribution in [0.3, 0.4) is 0 Å². The van der Waals surface area contributed by atoms with E-state index in [1.165, 1.54) is 16.9 Å². The van der Waals surface area contributed by atoms with Crippen molar-refractivity contribution in [2.24, 2.45) is 0 Å². The molecule has 0 radical (unpaired) electrons. The van der Waals surface area contributed by atoms with E-state index >= 15 is 0 Å². The normalized spacial score (nSPS) is 10.3. The molecule has 110 valence electrons. The number of carboxylic acids is 1. The predicted octanol–water partition coefficient (Wildman–Crippen LogP) is -0.597. The molecule has 21 heavy (non-hydrogen) atoms. The fourth-order valence-corrected chi connectivity index (χ4v) is 1.64. The number of carbonyl (C=O) groups excluding carboxylic acids is 1. The first kappa shape index (κ1) is 14.4. The van der Waals surface area contributed by atoms with Gasteiger partial charge in [-0.25, -0.2) is 9.48 Å². The van der Waals surface area contributed by atoms with E-state index in [9.17, 15) is 14.4 Å². The highest BCUT2D eigenvalue weighted by atomic mass is 16.4. The number of aromatic amines is 1. The fourth-order valence-electron chi connectivity index (χ4n) is 1.64. The Morgan fingerprint density at radius 3 is 2.81 bits per heavy atom. The lowest BCUT2D eigenvalue weighted by atomic mass is 10.2. The van der Waals surface area contributed by atoms with Crippen molar-refractivity contribution in [2.75, 3.05) is 6.54 Å². The largest absolute Gasteiger partial charge is 0.476 e. The number of hydrogen-bond acceptors (Lipinski definition) is 5. The summed E-state index contributed by atoms with van der Waals surface area (Å²) >= 11 is 0. The van der Waals surface area contributed by atoms with Crippen LogP contribution in [0.25, 0.3) is 0 Å². The quantitative estimate of drug-likeness (QED) is 0.674. The number of aryl methyl sites for hydroxylation is 1. The van der Waals surface area contributed by atoms with E-state index in [2.05, 4.69) is 20.6 Å². The van der Waals surface area contributed by atoms with Crippen LogP contribution in [-0.2, 0) is 6.54 Å². The van der Waals surface area contributed by atoms with Crippen molar-refractivity contribution >= 4 is 11.9 Å². The zero-order valence-electron chi connectivity index (χ0n) is 11.2. The van der Waals surface area contributed by atoms with E-state index in [4.69, 9.17) is 5.11 Å². The van der Waals surface area contributed by atoms with Crippen LogP contribution < -0.4 is 10.9 Å². The number of carboxylic acid groups (broad SMARTS) is 1. The number of hydrogen-bond donors (Lipinski definition) is 3. The molecule has 2 aromatic rings. The van der Waals surface area contributed by atoms with Gasteiger partial charge in [0.1, 0.15) is 5.56 Å². The van der Waals surface area contributed by atoms with Gasteiger partial charge in [0.2, 0.25) is 0 Å². The van der Waals surface area contributed by atoms with Crippen molar-refractivity contribution in [1.82, 2.24) is 25.3 Å². The molecule has 0 atom stereocenters. The molecule has 0 aromatic carbocycles. The summed E-state index contributed by atoms with van der Waals surface area (Å²) in [6.07, 6.45) is 1.26. The van der Waals surface area contributed by atoms with Crippen LogP contribution in [-0.4, -0.2) is 43.5 Å². The number of nitrogens with one attached hydrogen (secondary N) is 2. The minimum absolute atomic E-state index is 0.0189. The average molecular weight is 291 g/mol. The Morgan fingerprint density at radius 2 is 2.19 bits per heavy atom. The third kappa shape index (κ3) is 3.53. The van der Waals surface area contributed by atoms with Gasteiger partial charge >= 0.3 is 5.97 Å². The molecule has 0 saturated carbocycles. The molecule has 1 amide bonds. The highest BCUT2D eigenvalue weighted by Crippen LogP contribution is 1.94. The number of H-pyrrole nitrogens is 1. The third-order valence-electron chi connectivity index (χ3n) is 2.68. The lowest BCUT2D eigenvalue weighted by Gasteiger charge is -2.04. The van der Waals surface area contributed by atoms with Gasteiger partial charge in [-0.15, -0.1) is 5.10 Å². The van der Waals surface area contributed by atoms with Gasteiger partial charge in [0.25, 0.3) is 11.5 Å². The van der Waals surface area contributed by atoms with Gasteiger partial charge in [-0.3, -0.25) is 9.59 Å². The van der Waals surface area contributed by atoms with E-state index in [1.807, 2.05) is 0 Å². The molecule has 0 aliphatic heterocycles. The van der Waals surface area contributed by atoms with Gasteiger partial charge in [0.05, 0.1) is 12.7 Å². The van der Waals surface area contributed by atoms with Crippen molar-refractivity contribution in [3.8, 4) is 0 Å². The van der Waals surface area contributed by atoms with Gasteiger partial charge in [0.15, 0.2) is 5.69 Å². The highest BCUT2D eigenvalue weighted by molar-refractivity contribution is 5.93. The summed E-state index contributed by atoms with van der Waals surface area (Å²) in [5.74, 6) is -1.67. The van der Waals surface area contributed by atoms with Crippen LogP contribution in [0.15, 0.2) is 23.1 Å². The van der Waals surface area contributed by atoms with Gasteiger partial charge in [-0.1, -0.05) is 5.21 Å². The van der Waals surface area contributed by atoms with Gasteiger partial charge in [0, 0.05) is 12.2 Å². The molecule has 0 aliphatic carbocycles. The minimum atomic E-state index is -1.17. The molecule has 0 unspecified atom stereocenters. The Labute approximate surface area is 118 Å². The first-order valence-corrected chi connectivity index (χ1v) is 6.09. The minimum Gasteiger partial charge on any atom is -0.476 e. The lowest BCUT2D eigenvalue weighted by Crippen LogP contribution is -2.32. The highest BCUT2D eigenvalue weighted by Gasteiger charge is 2.11.